The molecule has 0 N–H and O–H groups in total. The molecule has 2 rings (SSSR count). The number of carbonyl (C=O) groups excluding carboxylic acids is 1. The van der Waals surface area contributed by atoms with Crippen LogP contribution in [0.25, 0.3) is 0 Å². The van der Waals surface area contributed by atoms with Gasteiger partial charge in [-0.25, -0.2) is 0 Å². The van der Waals surface area contributed by atoms with E-state index in [-0.39, 0.29) is 11.3 Å². The number of alkyl halides is 1. The van der Waals surface area contributed by atoms with Crippen molar-refractivity contribution in [1.29, 1.82) is 0 Å². The first-order valence-corrected chi connectivity index (χ1v) is 6.02. The van der Waals surface area contributed by atoms with Crippen molar-refractivity contribution < 1.29 is 14.1 Å². The highest BCUT2D eigenvalue weighted by Gasteiger charge is 2.25. The van der Waals surface area contributed by atoms with Crippen molar-refractivity contribution in [3.8, 4) is 0 Å². The molecule has 1 aromatic rings. The highest BCUT2D eigenvalue weighted by molar-refractivity contribution is 6.21. The van der Waals surface area contributed by atoms with E-state index in [0.29, 0.717) is 24.6 Å². The Hall–Kier alpha value is -1.07. The first-order valence-electron chi connectivity index (χ1n) is 5.58. The van der Waals surface area contributed by atoms with Gasteiger partial charge in [0, 0.05) is 26.3 Å². The molecule has 1 amide bonds. The zero-order chi connectivity index (χ0) is 12.3. The minimum Gasteiger partial charge on any atom is -0.377 e. The van der Waals surface area contributed by atoms with Crippen LogP contribution in [0.1, 0.15) is 29.1 Å². The predicted octanol–water partition coefficient (Wildman–Crippen LogP) is 1.66. The second-order valence-corrected chi connectivity index (χ2v) is 4.72. The summed E-state index contributed by atoms with van der Waals surface area (Å²) in [5, 5.41) is 3.79. The molecule has 0 bridgehead atoms. The molecule has 1 saturated heterocycles. The number of halogens is 1. The average Bonchev–Trinajstić information content (AvgIpc) is 2.77. The van der Waals surface area contributed by atoms with Crippen molar-refractivity contribution in [2.75, 3.05) is 20.2 Å². The number of likely N-dealkylation sites (tertiary alicyclic amines) is 1. The van der Waals surface area contributed by atoms with E-state index in [9.17, 15) is 4.79 Å². The zero-order valence-electron chi connectivity index (χ0n) is 9.69. The number of carbonyl (C=O) groups is 1. The first-order chi connectivity index (χ1) is 8.20. The number of hydrogen-bond donors (Lipinski definition) is 0. The Morgan fingerprint density at radius 1 is 1.76 bits per heavy atom. The molecule has 1 unspecified atom stereocenters. The lowest BCUT2D eigenvalue weighted by Gasteiger charge is -2.28. The van der Waals surface area contributed by atoms with Crippen LogP contribution in [0.2, 0.25) is 0 Å². The minimum atomic E-state index is -0.124. The standard InChI is InChI=1S/C11H15ClN2O3/c1-16-7-9-5-10(13-17-9)11(15)14-4-2-3-8(12)6-14/h5,8H,2-4,6-7H2,1H3. The van der Waals surface area contributed by atoms with Gasteiger partial charge in [-0.2, -0.15) is 0 Å². The lowest BCUT2D eigenvalue weighted by molar-refractivity contribution is 0.0716. The number of aromatic nitrogens is 1. The largest absolute Gasteiger partial charge is 0.377 e. The quantitative estimate of drug-likeness (QED) is 0.774. The van der Waals surface area contributed by atoms with Crippen molar-refractivity contribution in [1.82, 2.24) is 10.1 Å². The number of ether oxygens (including phenoxy) is 1. The Kier molecular flexibility index (Phi) is 4.02. The zero-order valence-corrected chi connectivity index (χ0v) is 10.4. The average molecular weight is 259 g/mol. The Balaban J connectivity index is 2.02. The Morgan fingerprint density at radius 3 is 3.29 bits per heavy atom. The predicted molar refractivity (Wildman–Crippen MR) is 62.0 cm³/mol. The minimum absolute atomic E-state index is 0.0399. The van der Waals surface area contributed by atoms with Gasteiger partial charge in [0.1, 0.15) is 6.61 Å². The molecule has 0 spiro atoms. The van der Waals surface area contributed by atoms with E-state index in [4.69, 9.17) is 20.9 Å². The number of piperidine rings is 1. The fraction of sp³-hybridized carbons (Fsp3) is 0.636. The van der Waals surface area contributed by atoms with Crippen molar-refractivity contribution in [2.24, 2.45) is 0 Å². The molecule has 2 heterocycles. The summed E-state index contributed by atoms with van der Waals surface area (Å²) in [6.07, 6.45) is 1.89. The highest BCUT2D eigenvalue weighted by Crippen LogP contribution is 2.17. The molecule has 1 aliphatic rings. The van der Waals surface area contributed by atoms with E-state index >= 15 is 0 Å². The van der Waals surface area contributed by atoms with Gasteiger partial charge in [-0.3, -0.25) is 4.79 Å². The smallest absolute Gasteiger partial charge is 0.276 e. The van der Waals surface area contributed by atoms with Gasteiger partial charge in [0.25, 0.3) is 5.91 Å². The molecular formula is C11H15ClN2O3. The molecule has 5 nitrogen and oxygen atoms in total. The van der Waals surface area contributed by atoms with Gasteiger partial charge in [0.2, 0.25) is 0 Å². The molecule has 0 saturated carbocycles. The number of amides is 1. The summed E-state index contributed by atoms with van der Waals surface area (Å²) < 4.78 is 9.89. The highest BCUT2D eigenvalue weighted by atomic mass is 35.5. The van der Waals surface area contributed by atoms with Gasteiger partial charge < -0.3 is 14.2 Å². The summed E-state index contributed by atoms with van der Waals surface area (Å²) in [4.78, 5) is 13.8. The maximum absolute atomic E-state index is 12.1. The molecule has 94 valence electrons. The maximum Gasteiger partial charge on any atom is 0.276 e. The molecular weight excluding hydrogens is 244 g/mol. The summed E-state index contributed by atoms with van der Waals surface area (Å²) in [6, 6.07) is 1.61. The third-order valence-corrected chi connectivity index (χ3v) is 3.07. The summed E-state index contributed by atoms with van der Waals surface area (Å²) in [5.74, 6) is 0.428. The molecule has 0 radical (unpaired) electrons. The Labute approximate surface area is 105 Å². The van der Waals surface area contributed by atoms with Crippen LogP contribution in [0.3, 0.4) is 0 Å². The summed E-state index contributed by atoms with van der Waals surface area (Å²) >= 11 is 6.04. The second-order valence-electron chi connectivity index (χ2n) is 4.10. The SMILES string of the molecule is COCc1cc(C(=O)N2CCCC(Cl)C2)no1. The van der Waals surface area contributed by atoms with E-state index < -0.39 is 0 Å². The third kappa shape index (κ3) is 2.98. The molecule has 0 aliphatic carbocycles. The van der Waals surface area contributed by atoms with Crippen molar-refractivity contribution in [3.63, 3.8) is 0 Å². The van der Waals surface area contributed by atoms with Crippen molar-refractivity contribution in [2.45, 2.75) is 24.8 Å². The molecule has 17 heavy (non-hydrogen) atoms. The number of methoxy groups -OCH3 is 1. The number of nitrogens with zero attached hydrogens (tertiary/aromatic N) is 2. The third-order valence-electron chi connectivity index (χ3n) is 2.72. The van der Waals surface area contributed by atoms with Crippen LogP contribution in [0.4, 0.5) is 0 Å². The van der Waals surface area contributed by atoms with Crippen LogP contribution < -0.4 is 0 Å². The van der Waals surface area contributed by atoms with Gasteiger partial charge in [0.05, 0.1) is 5.38 Å². The molecule has 1 aliphatic heterocycles. The Bertz CT molecular complexity index is 394. The number of rotatable bonds is 3. The summed E-state index contributed by atoms with van der Waals surface area (Å²) in [7, 11) is 1.56. The van der Waals surface area contributed by atoms with E-state index in [2.05, 4.69) is 5.16 Å². The second kappa shape index (κ2) is 5.51. The van der Waals surface area contributed by atoms with E-state index in [0.717, 1.165) is 19.4 Å². The van der Waals surface area contributed by atoms with Gasteiger partial charge in [0.15, 0.2) is 11.5 Å². The lowest BCUT2D eigenvalue weighted by Crippen LogP contribution is -2.40. The number of hydrogen-bond acceptors (Lipinski definition) is 4. The van der Waals surface area contributed by atoms with Crippen LogP contribution in [0, 0.1) is 0 Å². The van der Waals surface area contributed by atoms with Gasteiger partial charge in [-0.15, -0.1) is 11.6 Å². The van der Waals surface area contributed by atoms with Gasteiger partial charge in [-0.05, 0) is 12.8 Å². The molecule has 0 aromatic carbocycles. The Morgan fingerprint density at radius 2 is 2.59 bits per heavy atom. The van der Waals surface area contributed by atoms with Crippen LogP contribution in [0.5, 0.6) is 0 Å². The van der Waals surface area contributed by atoms with Crippen LogP contribution in [0.15, 0.2) is 10.6 Å². The molecule has 6 heteroatoms. The van der Waals surface area contributed by atoms with Crippen LogP contribution >= 0.6 is 11.6 Å². The molecule has 1 aromatic heterocycles. The fourth-order valence-corrected chi connectivity index (χ4v) is 2.22. The monoisotopic (exact) mass is 258 g/mol. The summed E-state index contributed by atoms with van der Waals surface area (Å²) in [5.41, 5.74) is 0.322. The van der Waals surface area contributed by atoms with Gasteiger partial charge >= 0.3 is 0 Å². The normalized spacial score (nSPS) is 20.6. The topological polar surface area (TPSA) is 55.6 Å². The molecule has 1 fully saturated rings. The van der Waals surface area contributed by atoms with Crippen molar-refractivity contribution >= 4 is 17.5 Å². The maximum atomic E-state index is 12.1. The van der Waals surface area contributed by atoms with Crippen molar-refractivity contribution in [3.05, 3.63) is 17.5 Å². The van der Waals surface area contributed by atoms with E-state index in [1.165, 1.54) is 0 Å². The fourth-order valence-electron chi connectivity index (χ4n) is 1.90. The molecule has 1 atom stereocenters. The first kappa shape index (κ1) is 12.4. The van der Waals surface area contributed by atoms with Crippen LogP contribution in [-0.4, -0.2) is 41.5 Å². The van der Waals surface area contributed by atoms with E-state index in [1.54, 1.807) is 18.1 Å². The summed E-state index contributed by atoms with van der Waals surface area (Å²) in [6.45, 7) is 1.62. The van der Waals surface area contributed by atoms with Crippen LogP contribution in [-0.2, 0) is 11.3 Å². The lowest BCUT2D eigenvalue weighted by atomic mass is 10.1. The van der Waals surface area contributed by atoms with Gasteiger partial charge in [-0.1, -0.05) is 5.16 Å². The van der Waals surface area contributed by atoms with E-state index in [1.807, 2.05) is 0 Å².